The fraction of sp³-hybridized carbons (Fsp3) is 0.316. The summed E-state index contributed by atoms with van der Waals surface area (Å²) in [5, 5.41) is 29.1. The Morgan fingerprint density at radius 2 is 1.85 bits per heavy atom. The van der Waals surface area contributed by atoms with Crippen LogP contribution in [-0.4, -0.2) is 74.4 Å². The molecule has 33 heavy (non-hydrogen) atoms. The molecule has 0 saturated heterocycles. The summed E-state index contributed by atoms with van der Waals surface area (Å²) < 4.78 is 37.2. The molecule has 0 aliphatic carbocycles. The number of amides is 1. The number of nitrogens with zero attached hydrogens (tertiary/aromatic N) is 2. The van der Waals surface area contributed by atoms with Crippen molar-refractivity contribution in [1.29, 1.82) is 0 Å². The zero-order chi connectivity index (χ0) is 24.8. The van der Waals surface area contributed by atoms with E-state index < -0.39 is 61.0 Å². The number of nitrogens with one attached hydrogen (secondary N) is 1. The third kappa shape index (κ3) is 6.15. The van der Waals surface area contributed by atoms with Crippen LogP contribution >= 0.6 is 0 Å². The maximum atomic E-state index is 14.0. The van der Waals surface area contributed by atoms with Gasteiger partial charge in [0, 0.05) is 6.20 Å². The lowest BCUT2D eigenvalue weighted by Crippen LogP contribution is -2.53. The highest BCUT2D eigenvalue weighted by molar-refractivity contribution is 5.91. The van der Waals surface area contributed by atoms with Gasteiger partial charge >= 0.3 is 29.6 Å². The van der Waals surface area contributed by atoms with Gasteiger partial charge < -0.3 is 24.8 Å². The number of anilines is 1. The van der Waals surface area contributed by atoms with Crippen molar-refractivity contribution in [3.8, 4) is 0 Å². The molecule has 2 rings (SSSR count). The molecule has 4 N–H and O–H groups in total. The number of ether oxygens (including phenoxy) is 2. The predicted octanol–water partition coefficient (Wildman–Crippen LogP) is -0.0957. The van der Waals surface area contributed by atoms with E-state index in [1.807, 2.05) is 5.32 Å². The van der Waals surface area contributed by atoms with E-state index in [-0.39, 0.29) is 10.1 Å². The lowest BCUT2D eigenvalue weighted by molar-refractivity contribution is -0.136. The van der Waals surface area contributed by atoms with Crippen LogP contribution in [-0.2, 0) is 9.47 Å². The first-order valence-corrected chi connectivity index (χ1v) is 9.14. The molecule has 0 spiro atoms. The van der Waals surface area contributed by atoms with Gasteiger partial charge in [0.15, 0.2) is 6.10 Å². The highest BCUT2D eigenvalue weighted by Gasteiger charge is 2.50. The van der Waals surface area contributed by atoms with Gasteiger partial charge in [-0.25, -0.2) is 19.0 Å². The molecule has 0 aliphatic rings. The van der Waals surface area contributed by atoms with Crippen LogP contribution in [0.25, 0.3) is 0 Å². The quantitative estimate of drug-likeness (QED) is 0.300. The van der Waals surface area contributed by atoms with Crippen LogP contribution in [0.4, 0.5) is 19.4 Å². The lowest BCUT2D eigenvalue weighted by atomic mass is 10.1. The molecule has 0 aliphatic heterocycles. The third-order valence-electron chi connectivity index (χ3n) is 4.21. The SMILES string of the molecule is Cc1ccccc1C(=O)OCOC(=O)Nc1ccn(C(=O)C(F)(F)[C@H](O)[C@H](O)CO)c(=O)n1. The van der Waals surface area contributed by atoms with Gasteiger partial charge in [-0.3, -0.25) is 10.1 Å². The van der Waals surface area contributed by atoms with E-state index in [0.717, 1.165) is 6.07 Å². The van der Waals surface area contributed by atoms with E-state index in [1.54, 1.807) is 25.1 Å². The van der Waals surface area contributed by atoms with Crippen molar-refractivity contribution in [1.82, 2.24) is 9.55 Å². The molecule has 12 nitrogen and oxygen atoms in total. The van der Waals surface area contributed by atoms with Gasteiger partial charge in [-0.2, -0.15) is 13.8 Å². The van der Waals surface area contributed by atoms with Gasteiger partial charge in [0.25, 0.3) is 0 Å². The molecule has 1 amide bonds. The number of carbonyl (C=O) groups excluding carboxylic acids is 3. The Bertz CT molecular complexity index is 1090. The molecule has 1 heterocycles. The van der Waals surface area contributed by atoms with Crippen molar-refractivity contribution in [3.63, 3.8) is 0 Å². The van der Waals surface area contributed by atoms with Crippen molar-refractivity contribution in [3.05, 3.63) is 58.1 Å². The Labute approximate surface area is 184 Å². The summed E-state index contributed by atoms with van der Waals surface area (Å²) in [5.74, 6) is -8.10. The second kappa shape index (κ2) is 10.7. The summed E-state index contributed by atoms with van der Waals surface area (Å²) in [6.07, 6.45) is -6.01. The normalized spacial score (nSPS) is 13.0. The fourth-order valence-corrected chi connectivity index (χ4v) is 2.41. The largest absolute Gasteiger partial charge is 0.424 e. The van der Waals surface area contributed by atoms with Crippen LogP contribution in [0, 0.1) is 6.92 Å². The number of aromatic nitrogens is 2. The summed E-state index contributed by atoms with van der Waals surface area (Å²) in [5.41, 5.74) is -0.658. The number of alkyl halides is 2. The Hall–Kier alpha value is -3.75. The number of hydrogen-bond acceptors (Lipinski definition) is 10. The summed E-state index contributed by atoms with van der Waals surface area (Å²) >= 11 is 0. The first-order valence-electron chi connectivity index (χ1n) is 9.14. The first kappa shape index (κ1) is 25.5. The van der Waals surface area contributed by atoms with Crippen molar-refractivity contribution in [2.45, 2.75) is 25.1 Å². The number of aliphatic hydroxyl groups excluding tert-OH is 3. The van der Waals surface area contributed by atoms with Crippen LogP contribution < -0.4 is 11.0 Å². The van der Waals surface area contributed by atoms with E-state index in [2.05, 4.69) is 9.72 Å². The Balaban J connectivity index is 1.97. The first-order chi connectivity index (χ1) is 15.5. The van der Waals surface area contributed by atoms with Gasteiger partial charge in [0.05, 0.1) is 12.2 Å². The summed E-state index contributed by atoms with van der Waals surface area (Å²) in [7, 11) is 0. The maximum absolute atomic E-state index is 14.0. The Morgan fingerprint density at radius 1 is 1.18 bits per heavy atom. The monoisotopic (exact) mass is 471 g/mol. The number of carbonyl (C=O) groups is 3. The molecule has 1 aromatic heterocycles. The van der Waals surface area contributed by atoms with Crippen LogP contribution in [0.5, 0.6) is 0 Å². The van der Waals surface area contributed by atoms with E-state index >= 15 is 0 Å². The highest BCUT2D eigenvalue weighted by atomic mass is 19.3. The zero-order valence-electron chi connectivity index (χ0n) is 17.0. The molecule has 2 aromatic rings. The number of aliphatic hydroxyl groups is 3. The number of hydrogen-bond donors (Lipinski definition) is 4. The molecule has 0 radical (unpaired) electrons. The zero-order valence-corrected chi connectivity index (χ0v) is 17.0. The van der Waals surface area contributed by atoms with Crippen molar-refractivity contribution < 1.29 is 48.0 Å². The van der Waals surface area contributed by atoms with Crippen LogP contribution in [0.3, 0.4) is 0 Å². The number of rotatable bonds is 8. The van der Waals surface area contributed by atoms with Crippen molar-refractivity contribution >= 4 is 23.8 Å². The van der Waals surface area contributed by atoms with Gasteiger partial charge in [-0.15, -0.1) is 0 Å². The highest BCUT2D eigenvalue weighted by Crippen LogP contribution is 2.23. The van der Waals surface area contributed by atoms with Gasteiger partial charge in [0.1, 0.15) is 11.9 Å². The maximum Gasteiger partial charge on any atom is 0.415 e. The fourth-order valence-electron chi connectivity index (χ4n) is 2.41. The molecule has 0 saturated carbocycles. The molecule has 0 fully saturated rings. The van der Waals surface area contributed by atoms with E-state index in [4.69, 9.17) is 14.9 Å². The molecule has 2 atom stereocenters. The number of aryl methyl sites for hydroxylation is 1. The molecule has 178 valence electrons. The summed E-state index contributed by atoms with van der Waals surface area (Å²) in [6.45, 7) is -0.373. The third-order valence-corrected chi connectivity index (χ3v) is 4.21. The van der Waals surface area contributed by atoms with Gasteiger partial charge in [-0.1, -0.05) is 18.2 Å². The van der Waals surface area contributed by atoms with Crippen molar-refractivity contribution in [2.24, 2.45) is 0 Å². The van der Waals surface area contributed by atoms with E-state index in [1.165, 1.54) is 6.07 Å². The molecule has 0 unspecified atom stereocenters. The minimum atomic E-state index is -4.64. The Kier molecular flexibility index (Phi) is 8.28. The molecule has 0 bridgehead atoms. The minimum Gasteiger partial charge on any atom is -0.424 e. The van der Waals surface area contributed by atoms with Crippen molar-refractivity contribution in [2.75, 3.05) is 18.7 Å². The van der Waals surface area contributed by atoms with Crippen LogP contribution in [0.15, 0.2) is 41.3 Å². The second-order valence-corrected chi connectivity index (χ2v) is 6.51. The molecular weight excluding hydrogens is 452 g/mol. The summed E-state index contributed by atoms with van der Waals surface area (Å²) in [6, 6.07) is 7.30. The van der Waals surface area contributed by atoms with Gasteiger partial charge in [0.2, 0.25) is 6.79 Å². The number of benzene rings is 1. The Morgan fingerprint density at radius 3 is 2.45 bits per heavy atom. The number of halogens is 2. The average molecular weight is 471 g/mol. The smallest absolute Gasteiger partial charge is 0.415 e. The lowest BCUT2D eigenvalue weighted by Gasteiger charge is -2.24. The molecule has 1 aromatic carbocycles. The minimum absolute atomic E-state index is 0.159. The topological polar surface area (TPSA) is 177 Å². The van der Waals surface area contributed by atoms with Gasteiger partial charge in [-0.05, 0) is 24.6 Å². The van der Waals surface area contributed by atoms with Crippen LogP contribution in [0.1, 0.15) is 20.7 Å². The number of esters is 1. The summed E-state index contributed by atoms with van der Waals surface area (Å²) in [4.78, 5) is 50.7. The predicted molar refractivity (Wildman–Crippen MR) is 105 cm³/mol. The van der Waals surface area contributed by atoms with Crippen LogP contribution in [0.2, 0.25) is 0 Å². The molecular formula is C19H19F2N3O9. The second-order valence-electron chi connectivity index (χ2n) is 6.51. The standard InChI is InChI=1S/C19H19F2N3O9/c1-10-4-2-3-5-11(10)15(28)32-9-33-18(31)23-13-6-7-24(17(30)22-13)16(29)19(20,21)14(27)12(26)8-25/h2-7,12,14,25-27H,8-9H2,1H3,(H,22,23,30,31)/t12-,14-/m1/s1. The molecule has 14 heteroatoms. The van der Waals surface area contributed by atoms with E-state index in [0.29, 0.717) is 11.8 Å². The van der Waals surface area contributed by atoms with E-state index in [9.17, 15) is 33.1 Å². The average Bonchev–Trinajstić information content (AvgIpc) is 2.77.